The number of nitrogens with one attached hydrogen (secondary N) is 1. The number of carbonyl (C=O) groups excluding carboxylic acids is 1. The number of fused-ring (bicyclic) bond motifs is 1. The zero-order chi connectivity index (χ0) is 25.0. The van der Waals surface area contributed by atoms with Gasteiger partial charge in [-0.2, -0.15) is 5.10 Å². The van der Waals surface area contributed by atoms with E-state index in [2.05, 4.69) is 15.5 Å². The van der Waals surface area contributed by atoms with Crippen molar-refractivity contribution in [2.45, 2.75) is 11.8 Å². The average Bonchev–Trinajstić information content (AvgIpc) is 2.83. The molecule has 178 valence electrons. The van der Waals surface area contributed by atoms with E-state index in [1.807, 2.05) is 31.2 Å². The summed E-state index contributed by atoms with van der Waals surface area (Å²) in [5.74, 6) is -0.651. The summed E-state index contributed by atoms with van der Waals surface area (Å²) >= 11 is 12.3. The van der Waals surface area contributed by atoms with Crippen molar-refractivity contribution in [3.8, 4) is 0 Å². The van der Waals surface area contributed by atoms with Crippen LogP contribution in [-0.2, 0) is 14.8 Å². The van der Waals surface area contributed by atoms with Gasteiger partial charge in [0.2, 0.25) is 0 Å². The average molecular weight is 527 g/mol. The van der Waals surface area contributed by atoms with Crippen LogP contribution in [0.2, 0.25) is 10.2 Å². The fourth-order valence-electron chi connectivity index (χ4n) is 3.32. The number of sulfonamides is 1. The molecule has 1 heterocycles. The molecular formula is C25H20Cl2N4O3S. The molecule has 0 radical (unpaired) electrons. The summed E-state index contributed by atoms with van der Waals surface area (Å²) in [6.07, 6.45) is 1.36. The third-order valence-corrected chi connectivity index (χ3v) is 7.42. The summed E-state index contributed by atoms with van der Waals surface area (Å²) in [6.45, 7) is 1.34. The summed E-state index contributed by atoms with van der Waals surface area (Å²) in [5, 5.41) is 5.37. The Balaban J connectivity index is 1.57. The van der Waals surface area contributed by atoms with E-state index in [0.717, 1.165) is 20.8 Å². The number of nitrogens with zero attached hydrogens (tertiary/aromatic N) is 3. The number of hydrazone groups is 1. The zero-order valence-electron chi connectivity index (χ0n) is 18.5. The number of hydrogen-bond acceptors (Lipinski definition) is 5. The molecule has 0 fully saturated rings. The van der Waals surface area contributed by atoms with Gasteiger partial charge < -0.3 is 0 Å². The number of halogens is 2. The highest BCUT2D eigenvalue weighted by atomic mass is 35.5. The van der Waals surface area contributed by atoms with Crippen molar-refractivity contribution in [2.75, 3.05) is 10.8 Å². The molecule has 4 aromatic rings. The van der Waals surface area contributed by atoms with Crippen molar-refractivity contribution in [3.63, 3.8) is 0 Å². The van der Waals surface area contributed by atoms with E-state index in [1.165, 1.54) is 24.4 Å². The van der Waals surface area contributed by atoms with Crippen LogP contribution in [0.25, 0.3) is 10.9 Å². The lowest BCUT2D eigenvalue weighted by Crippen LogP contribution is -2.39. The number of aryl methyl sites for hydroxylation is 1. The second-order valence-corrected chi connectivity index (χ2v) is 10.3. The third kappa shape index (κ3) is 5.79. The zero-order valence-corrected chi connectivity index (χ0v) is 20.8. The fourth-order valence-corrected chi connectivity index (χ4v) is 5.11. The standard InChI is InChI=1S/C25H20Cl2N4O3S/c1-17-9-11-22(12-10-17)35(33,34)31(21-7-4-6-20(26)14-21)16-24(32)30-28-15-19-13-18-5-2-3-8-23(18)29-25(19)27/h2-15H,16H2,1H3,(H,30,32)/b28-15-. The first-order valence-corrected chi connectivity index (χ1v) is 12.7. The van der Waals surface area contributed by atoms with Gasteiger partial charge in [-0.3, -0.25) is 9.10 Å². The van der Waals surface area contributed by atoms with Crippen molar-refractivity contribution in [2.24, 2.45) is 5.10 Å². The number of hydrogen-bond donors (Lipinski definition) is 1. The van der Waals surface area contributed by atoms with E-state index >= 15 is 0 Å². The third-order valence-electron chi connectivity index (χ3n) is 5.09. The van der Waals surface area contributed by atoms with Crippen molar-refractivity contribution in [1.29, 1.82) is 0 Å². The van der Waals surface area contributed by atoms with Crippen LogP contribution >= 0.6 is 23.2 Å². The maximum absolute atomic E-state index is 13.4. The first kappa shape index (κ1) is 24.7. The summed E-state index contributed by atoms with van der Waals surface area (Å²) in [7, 11) is -4.06. The normalized spacial score (nSPS) is 11.6. The maximum Gasteiger partial charge on any atom is 0.264 e. The van der Waals surface area contributed by atoms with Gasteiger partial charge in [0.15, 0.2) is 0 Å². The van der Waals surface area contributed by atoms with Crippen LogP contribution in [0.15, 0.2) is 88.9 Å². The Morgan fingerprint density at radius 2 is 1.77 bits per heavy atom. The van der Waals surface area contributed by atoms with Crippen LogP contribution in [0.5, 0.6) is 0 Å². The van der Waals surface area contributed by atoms with E-state index < -0.39 is 22.5 Å². The van der Waals surface area contributed by atoms with Gasteiger partial charge in [-0.25, -0.2) is 18.8 Å². The Hall–Kier alpha value is -3.46. The number of para-hydroxylation sites is 1. The van der Waals surface area contributed by atoms with Gasteiger partial charge in [-0.1, -0.05) is 65.2 Å². The molecule has 10 heteroatoms. The molecule has 1 N–H and O–H groups in total. The summed E-state index contributed by atoms with van der Waals surface area (Å²) in [6, 6.07) is 21.9. The van der Waals surface area contributed by atoms with Gasteiger partial charge in [0.25, 0.3) is 15.9 Å². The van der Waals surface area contributed by atoms with Crippen LogP contribution in [0.4, 0.5) is 5.69 Å². The van der Waals surface area contributed by atoms with Gasteiger partial charge >= 0.3 is 0 Å². The van der Waals surface area contributed by atoms with Gasteiger partial charge in [0, 0.05) is 16.0 Å². The molecule has 35 heavy (non-hydrogen) atoms. The topological polar surface area (TPSA) is 91.7 Å². The molecule has 1 aromatic heterocycles. The lowest BCUT2D eigenvalue weighted by molar-refractivity contribution is -0.119. The highest BCUT2D eigenvalue weighted by Gasteiger charge is 2.27. The smallest absolute Gasteiger partial charge is 0.264 e. The molecule has 3 aromatic carbocycles. The van der Waals surface area contributed by atoms with Crippen molar-refractivity contribution < 1.29 is 13.2 Å². The number of pyridine rings is 1. The molecule has 1 amide bonds. The lowest BCUT2D eigenvalue weighted by atomic mass is 10.2. The predicted molar refractivity (Wildman–Crippen MR) is 140 cm³/mol. The number of anilines is 1. The highest BCUT2D eigenvalue weighted by Crippen LogP contribution is 2.26. The monoisotopic (exact) mass is 526 g/mol. The van der Waals surface area contributed by atoms with E-state index in [-0.39, 0.29) is 15.7 Å². The molecule has 0 aliphatic carbocycles. The van der Waals surface area contributed by atoms with Crippen LogP contribution < -0.4 is 9.73 Å². The largest absolute Gasteiger partial charge is 0.271 e. The Kier molecular flexibility index (Phi) is 7.35. The quantitative estimate of drug-likeness (QED) is 0.203. The minimum Gasteiger partial charge on any atom is -0.271 e. The van der Waals surface area contributed by atoms with Crippen LogP contribution in [0.3, 0.4) is 0 Å². The number of aromatic nitrogens is 1. The van der Waals surface area contributed by atoms with Crippen molar-refractivity contribution >= 4 is 61.9 Å². The van der Waals surface area contributed by atoms with Gasteiger partial charge in [-0.15, -0.1) is 0 Å². The SMILES string of the molecule is Cc1ccc(S(=O)(=O)N(CC(=O)N/N=C\c2cc3ccccc3nc2Cl)c2cccc(Cl)c2)cc1. The molecule has 0 saturated heterocycles. The summed E-state index contributed by atoms with van der Waals surface area (Å²) in [5.41, 5.74) is 4.76. The molecular weight excluding hydrogens is 507 g/mol. The predicted octanol–water partition coefficient (Wildman–Crippen LogP) is 5.20. The fraction of sp³-hybridized carbons (Fsp3) is 0.0800. The number of rotatable bonds is 7. The minimum atomic E-state index is -4.06. The number of carbonyl (C=O) groups is 1. The van der Waals surface area contributed by atoms with E-state index in [1.54, 1.807) is 36.4 Å². The Morgan fingerprint density at radius 3 is 2.51 bits per heavy atom. The maximum atomic E-state index is 13.4. The van der Waals surface area contributed by atoms with Gasteiger partial charge in [-0.05, 0) is 49.4 Å². The van der Waals surface area contributed by atoms with Crippen LogP contribution in [-0.4, -0.2) is 32.1 Å². The molecule has 0 saturated carbocycles. The molecule has 0 aliphatic rings. The van der Waals surface area contributed by atoms with Crippen LogP contribution in [0.1, 0.15) is 11.1 Å². The second-order valence-electron chi connectivity index (χ2n) is 7.66. The molecule has 0 spiro atoms. The number of amides is 1. The second kappa shape index (κ2) is 10.4. The molecule has 0 unspecified atom stereocenters. The number of benzene rings is 3. The van der Waals surface area contributed by atoms with Crippen molar-refractivity contribution in [1.82, 2.24) is 10.4 Å². The van der Waals surface area contributed by atoms with Crippen molar-refractivity contribution in [3.05, 3.63) is 100 Å². The summed E-state index contributed by atoms with van der Waals surface area (Å²) in [4.78, 5) is 17.1. The Bertz CT molecular complexity index is 1520. The molecule has 4 rings (SSSR count). The summed E-state index contributed by atoms with van der Waals surface area (Å²) < 4.78 is 27.8. The lowest BCUT2D eigenvalue weighted by Gasteiger charge is -2.24. The Labute approximate surface area is 213 Å². The molecule has 7 nitrogen and oxygen atoms in total. The minimum absolute atomic E-state index is 0.0494. The van der Waals surface area contributed by atoms with Gasteiger partial charge in [0.05, 0.1) is 22.3 Å². The van der Waals surface area contributed by atoms with E-state index in [0.29, 0.717) is 10.6 Å². The molecule has 0 atom stereocenters. The van der Waals surface area contributed by atoms with Gasteiger partial charge in [0.1, 0.15) is 11.7 Å². The highest BCUT2D eigenvalue weighted by molar-refractivity contribution is 7.92. The van der Waals surface area contributed by atoms with E-state index in [4.69, 9.17) is 23.2 Å². The molecule has 0 bridgehead atoms. The Morgan fingerprint density at radius 1 is 1.03 bits per heavy atom. The van der Waals surface area contributed by atoms with E-state index in [9.17, 15) is 13.2 Å². The van der Waals surface area contributed by atoms with Crippen LogP contribution in [0, 0.1) is 6.92 Å². The first-order chi connectivity index (χ1) is 16.7. The first-order valence-electron chi connectivity index (χ1n) is 10.5. The molecule has 0 aliphatic heterocycles.